The van der Waals surface area contributed by atoms with Crippen LogP contribution in [0, 0.1) is 0 Å². The van der Waals surface area contributed by atoms with E-state index in [4.69, 9.17) is 4.52 Å². The Morgan fingerprint density at radius 3 is 2.30 bits per heavy atom. The van der Waals surface area contributed by atoms with E-state index in [2.05, 4.69) is 29.4 Å². The topological polar surface area (TPSA) is 41.6 Å². The maximum absolute atomic E-state index is 12.7. The van der Waals surface area contributed by atoms with Crippen LogP contribution in [0.25, 0.3) is 12.2 Å². The third-order valence-electron chi connectivity index (χ3n) is 3.83. The molecule has 0 spiro atoms. The van der Waals surface area contributed by atoms with E-state index in [-0.39, 0.29) is 0 Å². The van der Waals surface area contributed by atoms with E-state index in [9.17, 15) is 4.57 Å². The van der Waals surface area contributed by atoms with Crippen molar-refractivity contribution in [1.29, 1.82) is 0 Å². The Kier molecular flexibility index (Phi) is 4.97. The predicted octanol–water partition coefficient (Wildman–Crippen LogP) is 4.41. The highest BCUT2D eigenvalue weighted by Crippen LogP contribution is 2.49. The van der Waals surface area contributed by atoms with Crippen LogP contribution in [-0.2, 0) is 9.09 Å². The van der Waals surface area contributed by atoms with E-state index >= 15 is 0 Å². The number of hydrogen-bond acceptors (Lipinski definition) is 2. The van der Waals surface area contributed by atoms with Gasteiger partial charge < -0.3 is 4.52 Å². The van der Waals surface area contributed by atoms with Crippen LogP contribution in [0.2, 0.25) is 0 Å². The largest absolute Gasteiger partial charge is 0.368 e. The van der Waals surface area contributed by atoms with Gasteiger partial charge in [-0.25, -0.2) is 9.65 Å². The summed E-state index contributed by atoms with van der Waals surface area (Å²) in [5.41, 5.74) is 3.14. The summed E-state index contributed by atoms with van der Waals surface area (Å²) >= 11 is 0. The molecule has 3 rings (SSSR count). The summed E-state index contributed by atoms with van der Waals surface area (Å²) in [5, 5.41) is 3.00. The minimum atomic E-state index is -2.94. The number of hydrogen-bond donors (Lipinski definition) is 1. The molecule has 0 aliphatic carbocycles. The second kappa shape index (κ2) is 7.14. The molecule has 2 aromatic rings. The van der Waals surface area contributed by atoms with Gasteiger partial charge in [-0.2, -0.15) is 0 Å². The maximum Gasteiger partial charge on any atom is 0.368 e. The van der Waals surface area contributed by atoms with Gasteiger partial charge in [-0.05, 0) is 29.7 Å². The van der Waals surface area contributed by atoms with E-state index in [1.165, 1.54) is 0 Å². The molecule has 23 heavy (non-hydrogen) atoms. The van der Waals surface area contributed by atoms with Crippen molar-refractivity contribution in [3.05, 3.63) is 65.7 Å². The first-order valence-electron chi connectivity index (χ1n) is 7.74. The minimum Gasteiger partial charge on any atom is -0.302 e. The lowest BCUT2D eigenvalue weighted by Gasteiger charge is -2.32. The van der Waals surface area contributed by atoms with Crippen molar-refractivity contribution >= 4 is 25.5 Å². The van der Waals surface area contributed by atoms with Crippen molar-refractivity contribution in [3.8, 4) is 0 Å². The van der Waals surface area contributed by atoms with Gasteiger partial charge in [-0.15, -0.1) is 0 Å². The first kappa shape index (κ1) is 16.0. The van der Waals surface area contributed by atoms with Crippen LogP contribution in [-0.4, -0.2) is 20.2 Å². The maximum atomic E-state index is 12.7. The third kappa shape index (κ3) is 3.91. The smallest absolute Gasteiger partial charge is 0.302 e. The molecule has 1 N–H and O–H groups in total. The van der Waals surface area contributed by atoms with Crippen LogP contribution in [0.1, 0.15) is 17.5 Å². The Morgan fingerprint density at radius 2 is 1.70 bits per heavy atom. The van der Waals surface area contributed by atoms with Crippen molar-refractivity contribution in [1.82, 2.24) is 5.09 Å². The molecule has 4 nitrogen and oxygen atoms in total. The molecule has 1 aliphatic rings. The highest BCUT2D eigenvalue weighted by molar-refractivity contribution is 7.58. The van der Waals surface area contributed by atoms with Crippen LogP contribution in [0.4, 0.5) is 5.69 Å². The van der Waals surface area contributed by atoms with Crippen LogP contribution in [0.15, 0.2) is 54.6 Å². The summed E-state index contributed by atoms with van der Waals surface area (Å²) in [6.07, 6.45) is 5.03. The SMILES string of the molecule is CN(c1ccc(/C=C/c2ccccc2)cc1)[P@]1(=O)NCCCO1. The summed E-state index contributed by atoms with van der Waals surface area (Å²) in [6.45, 7) is 1.26. The quantitative estimate of drug-likeness (QED) is 0.667. The van der Waals surface area contributed by atoms with Gasteiger partial charge in [0.15, 0.2) is 0 Å². The fourth-order valence-electron chi connectivity index (χ4n) is 2.43. The first-order chi connectivity index (χ1) is 11.2. The Labute approximate surface area is 137 Å². The molecule has 1 heterocycles. The van der Waals surface area contributed by atoms with Gasteiger partial charge >= 0.3 is 7.67 Å². The van der Waals surface area contributed by atoms with Gasteiger partial charge in [-0.3, -0.25) is 4.67 Å². The van der Waals surface area contributed by atoms with Gasteiger partial charge in [0.1, 0.15) is 0 Å². The molecule has 0 bridgehead atoms. The molecule has 0 radical (unpaired) electrons. The highest BCUT2D eigenvalue weighted by Gasteiger charge is 2.31. The van der Waals surface area contributed by atoms with E-state index in [1.807, 2.05) is 42.5 Å². The normalized spacial score (nSPS) is 21.4. The van der Waals surface area contributed by atoms with Crippen molar-refractivity contribution in [3.63, 3.8) is 0 Å². The van der Waals surface area contributed by atoms with Crippen LogP contribution < -0.4 is 9.76 Å². The number of nitrogens with one attached hydrogen (secondary N) is 1. The van der Waals surface area contributed by atoms with Crippen LogP contribution >= 0.6 is 7.67 Å². The molecule has 5 heteroatoms. The predicted molar refractivity (Wildman–Crippen MR) is 96.4 cm³/mol. The number of benzene rings is 2. The molecule has 1 atom stereocenters. The molecular weight excluding hydrogens is 307 g/mol. The van der Waals surface area contributed by atoms with Crippen LogP contribution in [0.5, 0.6) is 0 Å². The molecule has 1 fully saturated rings. The second-order valence-electron chi connectivity index (χ2n) is 5.47. The molecule has 1 aliphatic heterocycles. The molecule has 0 amide bonds. The zero-order chi connectivity index (χ0) is 16.1. The van der Waals surface area contributed by atoms with Gasteiger partial charge in [0.05, 0.1) is 6.61 Å². The van der Waals surface area contributed by atoms with Gasteiger partial charge in [0.25, 0.3) is 0 Å². The summed E-state index contributed by atoms with van der Waals surface area (Å²) in [4.78, 5) is 0. The lowest BCUT2D eigenvalue weighted by atomic mass is 10.1. The number of nitrogens with zero attached hydrogens (tertiary/aromatic N) is 1. The molecular formula is C18H21N2O2P. The molecule has 0 saturated carbocycles. The van der Waals surface area contributed by atoms with E-state index in [0.29, 0.717) is 6.61 Å². The Bertz CT molecular complexity index is 704. The Morgan fingerprint density at radius 1 is 1.04 bits per heavy atom. The Balaban J connectivity index is 1.72. The van der Waals surface area contributed by atoms with Crippen molar-refractivity contribution in [2.75, 3.05) is 24.9 Å². The lowest BCUT2D eigenvalue weighted by Crippen LogP contribution is -2.31. The second-order valence-corrected chi connectivity index (χ2v) is 7.69. The van der Waals surface area contributed by atoms with Crippen molar-refractivity contribution in [2.24, 2.45) is 0 Å². The van der Waals surface area contributed by atoms with E-state index < -0.39 is 7.67 Å². The zero-order valence-electron chi connectivity index (χ0n) is 13.2. The lowest BCUT2D eigenvalue weighted by molar-refractivity contribution is 0.276. The highest BCUT2D eigenvalue weighted by atomic mass is 31.2. The molecule has 2 aromatic carbocycles. The molecule has 120 valence electrons. The summed E-state index contributed by atoms with van der Waals surface area (Å²) in [6, 6.07) is 18.1. The number of anilines is 1. The summed E-state index contributed by atoms with van der Waals surface area (Å²) in [7, 11) is -1.14. The van der Waals surface area contributed by atoms with Gasteiger partial charge in [0.2, 0.25) is 0 Å². The molecule has 0 unspecified atom stereocenters. The third-order valence-corrected chi connectivity index (χ3v) is 6.01. The van der Waals surface area contributed by atoms with Gasteiger partial charge in [0, 0.05) is 19.3 Å². The fraction of sp³-hybridized carbons (Fsp3) is 0.222. The summed E-state index contributed by atoms with van der Waals surface area (Å²) < 4.78 is 19.9. The minimum absolute atomic E-state index is 0.534. The van der Waals surface area contributed by atoms with Gasteiger partial charge in [-0.1, -0.05) is 54.6 Å². The number of rotatable bonds is 4. The summed E-state index contributed by atoms with van der Waals surface area (Å²) in [5.74, 6) is 0. The van der Waals surface area contributed by atoms with Crippen LogP contribution in [0.3, 0.4) is 0 Å². The Hall–Kier alpha value is -1.87. The zero-order valence-corrected chi connectivity index (χ0v) is 14.1. The average molecular weight is 328 g/mol. The first-order valence-corrected chi connectivity index (χ1v) is 9.32. The monoisotopic (exact) mass is 328 g/mol. The standard InChI is InChI=1S/C18H21N2O2P/c1-20(23(21)19-14-5-15-22-23)18-12-10-17(11-13-18)9-8-16-6-3-2-4-7-16/h2-4,6-13H,5,14-15H2,1H3,(H,19,21)/b9-8+/t23-/m0/s1. The van der Waals surface area contributed by atoms with E-state index in [1.54, 1.807) is 11.7 Å². The molecule has 1 saturated heterocycles. The average Bonchev–Trinajstić information content (AvgIpc) is 2.61. The van der Waals surface area contributed by atoms with Crippen molar-refractivity contribution in [2.45, 2.75) is 6.42 Å². The van der Waals surface area contributed by atoms with Crippen molar-refractivity contribution < 1.29 is 9.09 Å². The fourth-order valence-corrected chi connectivity index (χ4v) is 4.16. The molecule has 0 aromatic heterocycles. The van der Waals surface area contributed by atoms with E-state index in [0.717, 1.165) is 29.8 Å².